The smallest absolute Gasteiger partial charge is 0.171 e. The molecule has 1 atom stereocenters. The van der Waals surface area contributed by atoms with Gasteiger partial charge in [0.05, 0.1) is 0 Å². The van der Waals surface area contributed by atoms with Gasteiger partial charge < -0.3 is 5.11 Å². The van der Waals surface area contributed by atoms with Crippen molar-refractivity contribution in [2.24, 2.45) is 4.99 Å². The third-order valence-electron chi connectivity index (χ3n) is 1.64. The molecule has 10 heavy (non-hydrogen) atoms. The number of aliphatic imine (C=N–C) groups is 1. The summed E-state index contributed by atoms with van der Waals surface area (Å²) in [5.41, 5.74) is 1.98. The summed E-state index contributed by atoms with van der Waals surface area (Å²) in [7, 11) is 0. The molecule has 0 aromatic carbocycles. The zero-order valence-corrected chi connectivity index (χ0v) is 5.36. The molecule has 2 nitrogen and oxygen atoms in total. The van der Waals surface area contributed by atoms with Crippen molar-refractivity contribution in [1.82, 2.24) is 0 Å². The van der Waals surface area contributed by atoms with Crippen LogP contribution in [-0.4, -0.2) is 17.5 Å². The second kappa shape index (κ2) is 1.92. The lowest BCUT2D eigenvalue weighted by Crippen LogP contribution is -2.10. The van der Waals surface area contributed by atoms with Gasteiger partial charge in [0.25, 0.3) is 0 Å². The number of hydrogen-bond acceptors (Lipinski definition) is 2. The van der Waals surface area contributed by atoms with E-state index in [9.17, 15) is 5.11 Å². The molecule has 0 radical (unpaired) electrons. The highest BCUT2D eigenvalue weighted by Crippen LogP contribution is 2.23. The van der Waals surface area contributed by atoms with Gasteiger partial charge in [-0.25, -0.2) is 0 Å². The Morgan fingerprint density at radius 2 is 2.30 bits per heavy atom. The summed E-state index contributed by atoms with van der Waals surface area (Å²) >= 11 is 0. The first-order chi connectivity index (χ1) is 4.88. The molecule has 0 amide bonds. The van der Waals surface area contributed by atoms with Crippen LogP contribution < -0.4 is 0 Å². The van der Waals surface area contributed by atoms with E-state index in [0.717, 1.165) is 11.1 Å². The van der Waals surface area contributed by atoms with Crippen molar-refractivity contribution >= 4 is 6.21 Å². The van der Waals surface area contributed by atoms with Crippen LogP contribution in [0, 0.1) is 0 Å². The Kier molecular flexibility index (Phi) is 1.08. The Balaban J connectivity index is 2.45. The van der Waals surface area contributed by atoms with Gasteiger partial charge in [0.2, 0.25) is 0 Å². The minimum absolute atomic E-state index is 0.644. The van der Waals surface area contributed by atoms with Gasteiger partial charge in [0, 0.05) is 11.8 Å². The Morgan fingerprint density at radius 1 is 1.40 bits per heavy atom. The maximum Gasteiger partial charge on any atom is 0.171 e. The molecular weight excluding hydrogens is 126 g/mol. The second-order valence-corrected chi connectivity index (χ2v) is 2.27. The first-order valence-electron chi connectivity index (χ1n) is 3.18. The molecule has 2 rings (SSSR count). The third kappa shape index (κ3) is 0.660. The molecule has 0 saturated heterocycles. The molecule has 0 saturated carbocycles. The molecule has 1 N–H and O–H groups in total. The van der Waals surface area contributed by atoms with Crippen LogP contribution in [0.5, 0.6) is 0 Å². The summed E-state index contributed by atoms with van der Waals surface area (Å²) in [6.07, 6.45) is 8.64. The van der Waals surface area contributed by atoms with Gasteiger partial charge >= 0.3 is 0 Å². The van der Waals surface area contributed by atoms with E-state index >= 15 is 0 Å². The van der Waals surface area contributed by atoms with E-state index < -0.39 is 6.23 Å². The minimum Gasteiger partial charge on any atom is -0.368 e. The van der Waals surface area contributed by atoms with Gasteiger partial charge in [0.1, 0.15) is 0 Å². The van der Waals surface area contributed by atoms with E-state index in [1.165, 1.54) is 0 Å². The summed E-state index contributed by atoms with van der Waals surface area (Å²) in [5.74, 6) is 0. The number of aliphatic hydroxyl groups excluding tert-OH is 1. The molecule has 0 aromatic heterocycles. The summed E-state index contributed by atoms with van der Waals surface area (Å²) in [5, 5.41) is 9.23. The van der Waals surface area contributed by atoms with E-state index in [-0.39, 0.29) is 0 Å². The Hall–Kier alpha value is -1.15. The number of aliphatic hydroxyl groups is 1. The monoisotopic (exact) mass is 133 g/mol. The van der Waals surface area contributed by atoms with Crippen molar-refractivity contribution in [3.05, 3.63) is 35.5 Å². The fourth-order valence-corrected chi connectivity index (χ4v) is 1.12. The summed E-state index contributed by atoms with van der Waals surface area (Å²) < 4.78 is 0. The molecule has 1 heterocycles. The van der Waals surface area contributed by atoms with Crippen molar-refractivity contribution < 1.29 is 5.11 Å². The summed E-state index contributed by atoms with van der Waals surface area (Å²) in [4.78, 5) is 3.82. The van der Waals surface area contributed by atoms with Crippen LogP contribution in [0.15, 0.2) is 40.4 Å². The molecule has 0 fully saturated rings. The number of allylic oxidation sites excluding steroid dienone is 4. The predicted octanol–water partition coefficient (Wildman–Crippen LogP) is 0.812. The molecular formula is C8H7NO. The molecule has 1 aliphatic carbocycles. The largest absolute Gasteiger partial charge is 0.368 e. The van der Waals surface area contributed by atoms with Crippen LogP contribution in [-0.2, 0) is 0 Å². The van der Waals surface area contributed by atoms with Crippen molar-refractivity contribution in [3.8, 4) is 0 Å². The lowest BCUT2D eigenvalue weighted by Gasteiger charge is -2.11. The van der Waals surface area contributed by atoms with Gasteiger partial charge in [0.15, 0.2) is 6.23 Å². The van der Waals surface area contributed by atoms with Crippen LogP contribution in [0.2, 0.25) is 0 Å². The van der Waals surface area contributed by atoms with Crippen molar-refractivity contribution in [2.45, 2.75) is 6.23 Å². The van der Waals surface area contributed by atoms with E-state index in [0.29, 0.717) is 0 Å². The van der Waals surface area contributed by atoms with Crippen LogP contribution in [0.3, 0.4) is 0 Å². The minimum atomic E-state index is -0.644. The van der Waals surface area contributed by atoms with E-state index in [2.05, 4.69) is 4.99 Å². The number of dihydropyridines is 1. The molecule has 0 bridgehead atoms. The Bertz CT molecular complexity index is 271. The van der Waals surface area contributed by atoms with E-state index in [4.69, 9.17) is 0 Å². The quantitative estimate of drug-likeness (QED) is 0.521. The highest BCUT2D eigenvalue weighted by molar-refractivity contribution is 5.78. The van der Waals surface area contributed by atoms with Crippen molar-refractivity contribution in [1.29, 1.82) is 0 Å². The van der Waals surface area contributed by atoms with Crippen LogP contribution >= 0.6 is 0 Å². The van der Waals surface area contributed by atoms with E-state index in [1.54, 1.807) is 6.21 Å². The van der Waals surface area contributed by atoms with Gasteiger partial charge in [-0.05, 0) is 11.6 Å². The maximum atomic E-state index is 9.23. The molecule has 1 aliphatic heterocycles. The maximum absolute atomic E-state index is 9.23. The SMILES string of the molecule is OC1N=CC=C2C=CC=C21. The standard InChI is InChI=1S/C8H7NO/c10-8-7-3-1-2-6(7)4-5-9-8/h1-5,8,10H. The summed E-state index contributed by atoms with van der Waals surface area (Å²) in [6, 6.07) is 0. The molecule has 1 unspecified atom stereocenters. The van der Waals surface area contributed by atoms with Crippen LogP contribution in [0.1, 0.15) is 0 Å². The van der Waals surface area contributed by atoms with E-state index in [1.807, 2.05) is 24.3 Å². The molecule has 0 aromatic rings. The third-order valence-corrected chi connectivity index (χ3v) is 1.64. The highest BCUT2D eigenvalue weighted by atomic mass is 16.3. The number of nitrogens with zero attached hydrogens (tertiary/aromatic N) is 1. The van der Waals surface area contributed by atoms with Gasteiger partial charge in [-0.1, -0.05) is 18.2 Å². The molecule has 2 heteroatoms. The Morgan fingerprint density at radius 3 is 3.10 bits per heavy atom. The van der Waals surface area contributed by atoms with Crippen molar-refractivity contribution in [3.63, 3.8) is 0 Å². The lowest BCUT2D eigenvalue weighted by atomic mass is 10.1. The summed E-state index contributed by atoms with van der Waals surface area (Å²) in [6.45, 7) is 0. The molecule has 50 valence electrons. The van der Waals surface area contributed by atoms with Gasteiger partial charge in [-0.15, -0.1) is 0 Å². The average molecular weight is 133 g/mol. The fraction of sp³-hybridized carbons (Fsp3) is 0.125. The zero-order valence-electron chi connectivity index (χ0n) is 5.36. The number of rotatable bonds is 0. The topological polar surface area (TPSA) is 32.6 Å². The number of hydrogen-bond donors (Lipinski definition) is 1. The van der Waals surface area contributed by atoms with Crippen LogP contribution in [0.4, 0.5) is 0 Å². The predicted molar refractivity (Wildman–Crippen MR) is 39.8 cm³/mol. The van der Waals surface area contributed by atoms with Crippen LogP contribution in [0.25, 0.3) is 0 Å². The lowest BCUT2D eigenvalue weighted by molar-refractivity contribution is 0.224. The first kappa shape index (κ1) is 5.62. The normalized spacial score (nSPS) is 27.9. The highest BCUT2D eigenvalue weighted by Gasteiger charge is 2.16. The molecule has 2 aliphatic rings. The second-order valence-electron chi connectivity index (χ2n) is 2.27. The van der Waals surface area contributed by atoms with Gasteiger partial charge in [-0.2, -0.15) is 0 Å². The Labute approximate surface area is 58.9 Å². The number of fused-ring (bicyclic) bond motifs is 1. The zero-order chi connectivity index (χ0) is 6.97. The fourth-order valence-electron chi connectivity index (χ4n) is 1.12. The van der Waals surface area contributed by atoms with Gasteiger partial charge in [-0.3, -0.25) is 4.99 Å². The first-order valence-corrected chi connectivity index (χ1v) is 3.18. The van der Waals surface area contributed by atoms with Crippen molar-refractivity contribution in [2.75, 3.05) is 0 Å². The molecule has 0 spiro atoms. The average Bonchev–Trinajstić information content (AvgIpc) is 2.36.